The average Bonchev–Trinajstić information content (AvgIpc) is 3.38. The van der Waals surface area contributed by atoms with Gasteiger partial charge in [-0.05, 0) is 36.4 Å². The van der Waals surface area contributed by atoms with E-state index in [1.54, 1.807) is 55.8 Å². The highest BCUT2D eigenvalue weighted by Crippen LogP contribution is 2.25. The first-order valence-electron chi connectivity index (χ1n) is 8.55. The maximum absolute atomic E-state index is 12.4. The number of aromatic amines is 2. The minimum atomic E-state index is -0.717. The Balaban J connectivity index is 1.50. The second-order valence-corrected chi connectivity index (χ2v) is 5.87. The third-order valence-corrected chi connectivity index (χ3v) is 3.99. The number of methoxy groups -OCH3 is 1. The van der Waals surface area contributed by atoms with Gasteiger partial charge in [-0.25, -0.2) is 14.8 Å². The molecular formula is C19H16N6O4. The number of carbonyl (C=O) groups is 2. The molecule has 0 fully saturated rings. The predicted molar refractivity (Wildman–Crippen MR) is 105 cm³/mol. The van der Waals surface area contributed by atoms with Crippen LogP contribution in [0.4, 0.5) is 16.7 Å². The molecule has 0 radical (unpaired) electrons. The molecule has 2 heterocycles. The molecule has 10 nitrogen and oxygen atoms in total. The largest absolute Gasteiger partial charge is 0.497 e. The van der Waals surface area contributed by atoms with E-state index in [1.807, 2.05) is 0 Å². The lowest BCUT2D eigenvalue weighted by molar-refractivity contribution is 0.102. The summed E-state index contributed by atoms with van der Waals surface area (Å²) in [5.74, 6) is 1.05. The summed E-state index contributed by atoms with van der Waals surface area (Å²) in [5, 5.41) is 5.15. The minimum absolute atomic E-state index is 0.225. The van der Waals surface area contributed by atoms with Gasteiger partial charge in [-0.15, -0.1) is 0 Å². The lowest BCUT2D eigenvalue weighted by Crippen LogP contribution is -2.17. The zero-order valence-corrected chi connectivity index (χ0v) is 15.2. The minimum Gasteiger partial charge on any atom is -0.497 e. The quantitative estimate of drug-likeness (QED) is 0.412. The molecule has 0 bridgehead atoms. The fraction of sp³-hybridized carbons (Fsp3) is 0.0526. The summed E-state index contributed by atoms with van der Waals surface area (Å²) in [5.41, 5.74) is 1.44. The molecule has 0 aliphatic heterocycles. The Morgan fingerprint density at radius 3 is 2.59 bits per heavy atom. The third kappa shape index (κ3) is 4.00. The maximum atomic E-state index is 12.4. The molecule has 0 spiro atoms. The number of hydrogen-bond donors (Lipinski definition) is 4. The molecule has 2 aromatic heterocycles. The Hall–Kier alpha value is -4.34. The number of para-hydroxylation sites is 1. The molecule has 0 atom stereocenters. The van der Waals surface area contributed by atoms with E-state index in [0.29, 0.717) is 22.3 Å². The summed E-state index contributed by atoms with van der Waals surface area (Å²) in [6.45, 7) is 0. The maximum Gasteiger partial charge on any atom is 0.419 e. The van der Waals surface area contributed by atoms with E-state index >= 15 is 0 Å². The van der Waals surface area contributed by atoms with Gasteiger partial charge in [0, 0.05) is 18.0 Å². The van der Waals surface area contributed by atoms with Crippen LogP contribution in [0.25, 0.3) is 11.0 Å². The summed E-state index contributed by atoms with van der Waals surface area (Å²) >= 11 is 0. The summed E-state index contributed by atoms with van der Waals surface area (Å²) < 4.78 is 10.4. The van der Waals surface area contributed by atoms with Crippen molar-refractivity contribution in [3.63, 3.8) is 0 Å². The SMILES string of the molecule is COc1ccc(C(=O)Nc2nc3cccc(OC(=O)Nc4ncc[nH]4)c3[nH]2)cc1. The molecule has 4 N–H and O–H groups in total. The molecule has 0 aliphatic rings. The van der Waals surface area contributed by atoms with Crippen LogP contribution < -0.4 is 20.1 Å². The standard InChI is InChI=1S/C19H16N6O4/c1-28-12-7-5-11(6-8-12)16(26)24-18-22-13-3-2-4-14(15(13)23-18)29-19(27)25-17-20-9-10-21-17/h2-10H,1H3,(H2,20,21,25,27)(H2,22,23,24,26). The molecule has 0 saturated heterocycles. The summed E-state index contributed by atoms with van der Waals surface area (Å²) in [6, 6.07) is 11.7. The van der Waals surface area contributed by atoms with Gasteiger partial charge >= 0.3 is 6.09 Å². The second-order valence-electron chi connectivity index (χ2n) is 5.87. The molecule has 2 amide bonds. The van der Waals surface area contributed by atoms with Crippen LogP contribution in [0.2, 0.25) is 0 Å². The van der Waals surface area contributed by atoms with Crippen LogP contribution in [0.5, 0.6) is 11.5 Å². The van der Waals surface area contributed by atoms with Crippen LogP contribution in [0, 0.1) is 0 Å². The van der Waals surface area contributed by atoms with Crippen LogP contribution in [0.3, 0.4) is 0 Å². The van der Waals surface area contributed by atoms with Gasteiger partial charge in [0.1, 0.15) is 11.3 Å². The van der Waals surface area contributed by atoms with Gasteiger partial charge in [0.15, 0.2) is 5.75 Å². The van der Waals surface area contributed by atoms with E-state index in [4.69, 9.17) is 9.47 Å². The van der Waals surface area contributed by atoms with Gasteiger partial charge in [0.25, 0.3) is 5.91 Å². The summed E-state index contributed by atoms with van der Waals surface area (Å²) in [7, 11) is 1.55. The second kappa shape index (κ2) is 7.72. The summed E-state index contributed by atoms with van der Waals surface area (Å²) in [4.78, 5) is 38.4. The van der Waals surface area contributed by atoms with Crippen LogP contribution in [0.15, 0.2) is 54.9 Å². The molecule has 2 aromatic carbocycles. The zero-order chi connectivity index (χ0) is 20.2. The van der Waals surface area contributed by atoms with E-state index in [1.165, 1.54) is 6.20 Å². The number of carbonyl (C=O) groups excluding carboxylic acids is 2. The molecule has 0 saturated carbocycles. The van der Waals surface area contributed by atoms with E-state index in [-0.39, 0.29) is 23.6 Å². The summed E-state index contributed by atoms with van der Waals surface area (Å²) in [6.07, 6.45) is 2.36. The Kier molecular flexibility index (Phi) is 4.81. The molecule has 29 heavy (non-hydrogen) atoms. The number of H-pyrrole nitrogens is 2. The number of nitrogens with one attached hydrogen (secondary N) is 4. The normalized spacial score (nSPS) is 10.5. The van der Waals surface area contributed by atoms with Gasteiger partial charge < -0.3 is 19.4 Å². The number of nitrogens with zero attached hydrogens (tertiary/aromatic N) is 2. The highest BCUT2D eigenvalue weighted by atomic mass is 16.6. The average molecular weight is 392 g/mol. The monoisotopic (exact) mass is 392 g/mol. The molecular weight excluding hydrogens is 376 g/mol. The third-order valence-electron chi connectivity index (χ3n) is 3.99. The van der Waals surface area contributed by atoms with Gasteiger partial charge in [-0.3, -0.25) is 15.4 Å². The van der Waals surface area contributed by atoms with Crippen LogP contribution >= 0.6 is 0 Å². The highest BCUT2D eigenvalue weighted by Gasteiger charge is 2.14. The van der Waals surface area contributed by atoms with E-state index in [2.05, 4.69) is 30.6 Å². The fourth-order valence-electron chi connectivity index (χ4n) is 2.63. The molecule has 0 aliphatic carbocycles. The Bertz CT molecular complexity index is 1150. The van der Waals surface area contributed by atoms with Gasteiger partial charge in [-0.2, -0.15) is 0 Å². The topological polar surface area (TPSA) is 134 Å². The molecule has 146 valence electrons. The first kappa shape index (κ1) is 18.0. The number of amides is 2. The van der Waals surface area contributed by atoms with Crippen molar-refractivity contribution in [1.29, 1.82) is 0 Å². The number of benzene rings is 2. The van der Waals surface area contributed by atoms with Crippen molar-refractivity contribution in [2.24, 2.45) is 0 Å². The Labute approximate surface area is 164 Å². The number of fused-ring (bicyclic) bond motifs is 1. The van der Waals surface area contributed by atoms with E-state index in [0.717, 1.165) is 0 Å². The number of imidazole rings is 2. The first-order chi connectivity index (χ1) is 14.1. The number of anilines is 2. The van der Waals surface area contributed by atoms with Crippen molar-refractivity contribution in [1.82, 2.24) is 19.9 Å². The van der Waals surface area contributed by atoms with E-state index in [9.17, 15) is 9.59 Å². The number of ether oxygens (including phenoxy) is 2. The molecule has 4 aromatic rings. The van der Waals surface area contributed by atoms with Gasteiger partial charge in [0.05, 0.1) is 12.6 Å². The van der Waals surface area contributed by atoms with Crippen LogP contribution in [-0.4, -0.2) is 39.0 Å². The van der Waals surface area contributed by atoms with Crippen molar-refractivity contribution in [2.45, 2.75) is 0 Å². The van der Waals surface area contributed by atoms with Gasteiger partial charge in [0.2, 0.25) is 11.9 Å². The van der Waals surface area contributed by atoms with Crippen molar-refractivity contribution in [3.8, 4) is 11.5 Å². The number of aromatic nitrogens is 4. The van der Waals surface area contributed by atoms with Crippen molar-refractivity contribution >= 4 is 34.9 Å². The van der Waals surface area contributed by atoms with Crippen molar-refractivity contribution < 1.29 is 19.1 Å². The van der Waals surface area contributed by atoms with Crippen LogP contribution in [-0.2, 0) is 0 Å². The Morgan fingerprint density at radius 2 is 1.86 bits per heavy atom. The van der Waals surface area contributed by atoms with Gasteiger partial charge in [-0.1, -0.05) is 6.07 Å². The van der Waals surface area contributed by atoms with Crippen molar-refractivity contribution in [3.05, 3.63) is 60.4 Å². The predicted octanol–water partition coefficient (Wildman–Crippen LogP) is 3.16. The fourth-order valence-corrected chi connectivity index (χ4v) is 2.63. The number of hydrogen-bond acceptors (Lipinski definition) is 6. The lowest BCUT2D eigenvalue weighted by atomic mass is 10.2. The zero-order valence-electron chi connectivity index (χ0n) is 15.2. The first-order valence-corrected chi connectivity index (χ1v) is 8.55. The lowest BCUT2D eigenvalue weighted by Gasteiger charge is -2.05. The number of rotatable bonds is 5. The van der Waals surface area contributed by atoms with Crippen molar-refractivity contribution in [2.75, 3.05) is 17.7 Å². The highest BCUT2D eigenvalue weighted by molar-refractivity contribution is 6.04. The molecule has 4 rings (SSSR count). The van der Waals surface area contributed by atoms with E-state index < -0.39 is 6.09 Å². The molecule has 10 heteroatoms. The molecule has 0 unspecified atom stereocenters. The Morgan fingerprint density at radius 1 is 1.03 bits per heavy atom. The smallest absolute Gasteiger partial charge is 0.419 e. The van der Waals surface area contributed by atoms with Crippen LogP contribution in [0.1, 0.15) is 10.4 Å².